The van der Waals surface area contributed by atoms with Crippen LogP contribution in [0, 0.1) is 11.3 Å². The van der Waals surface area contributed by atoms with Crippen LogP contribution in [-0.2, 0) is 0 Å². The van der Waals surface area contributed by atoms with Gasteiger partial charge < -0.3 is 4.74 Å². The number of hydrogen-bond acceptors (Lipinski definition) is 3. The van der Waals surface area contributed by atoms with Gasteiger partial charge in [0.15, 0.2) is 0 Å². The van der Waals surface area contributed by atoms with E-state index in [1.54, 1.807) is 36.4 Å². The van der Waals surface area contributed by atoms with Gasteiger partial charge in [-0.3, -0.25) is 4.79 Å². The molecule has 0 heterocycles. The van der Waals surface area contributed by atoms with Crippen molar-refractivity contribution in [2.24, 2.45) is 0 Å². The van der Waals surface area contributed by atoms with E-state index < -0.39 is 0 Å². The molecule has 2 aromatic rings. The molecule has 0 aliphatic heterocycles. The van der Waals surface area contributed by atoms with E-state index in [1.165, 1.54) is 0 Å². The number of carbonyl (C=O) groups excluding carboxylic acids is 1. The van der Waals surface area contributed by atoms with Crippen LogP contribution in [-0.4, -0.2) is 12.4 Å². The lowest BCUT2D eigenvalue weighted by atomic mass is 10.0. The van der Waals surface area contributed by atoms with Crippen molar-refractivity contribution in [1.29, 1.82) is 5.26 Å². The number of ketones is 1. The van der Waals surface area contributed by atoms with Gasteiger partial charge in [-0.2, -0.15) is 5.26 Å². The van der Waals surface area contributed by atoms with Gasteiger partial charge >= 0.3 is 0 Å². The van der Waals surface area contributed by atoms with Gasteiger partial charge in [0.2, 0.25) is 5.78 Å². The molecule has 0 aliphatic rings. The van der Waals surface area contributed by atoms with E-state index in [1.807, 2.05) is 31.2 Å². The molecular weight excluding hydrogens is 342 g/mol. The first kappa shape index (κ1) is 16.0. The molecule has 0 amide bonds. The van der Waals surface area contributed by atoms with Crippen LogP contribution in [0.25, 0.3) is 6.08 Å². The molecule has 4 heteroatoms. The average Bonchev–Trinajstić information content (AvgIpc) is 2.55. The summed E-state index contributed by atoms with van der Waals surface area (Å²) >= 11 is 3.42. The first-order valence-electron chi connectivity index (χ1n) is 6.79. The van der Waals surface area contributed by atoms with Crippen molar-refractivity contribution >= 4 is 27.8 Å². The lowest BCUT2D eigenvalue weighted by molar-refractivity contribution is 0.104. The Balaban J connectivity index is 2.32. The summed E-state index contributed by atoms with van der Waals surface area (Å²) in [5.74, 6) is 0.445. The summed E-state index contributed by atoms with van der Waals surface area (Å²) in [6, 6.07) is 16.2. The summed E-state index contributed by atoms with van der Waals surface area (Å²) in [6.07, 6.45) is 1.58. The predicted molar refractivity (Wildman–Crippen MR) is 89.7 cm³/mol. The smallest absolute Gasteiger partial charge is 0.203 e. The van der Waals surface area contributed by atoms with Gasteiger partial charge in [-0.25, -0.2) is 0 Å². The lowest BCUT2D eigenvalue weighted by Crippen LogP contribution is -2.01. The molecule has 0 aromatic heterocycles. The van der Waals surface area contributed by atoms with E-state index in [0.717, 1.165) is 15.8 Å². The number of ether oxygens (including phenoxy) is 1. The summed E-state index contributed by atoms with van der Waals surface area (Å²) < 4.78 is 6.22. The van der Waals surface area contributed by atoms with Crippen LogP contribution < -0.4 is 4.74 Å². The molecule has 0 saturated heterocycles. The Bertz CT molecular complexity index is 745. The highest BCUT2D eigenvalue weighted by Crippen LogP contribution is 2.27. The van der Waals surface area contributed by atoms with Crippen molar-refractivity contribution in [1.82, 2.24) is 0 Å². The molecule has 2 aromatic carbocycles. The fraction of sp³-hybridized carbons (Fsp3) is 0.111. The van der Waals surface area contributed by atoms with Crippen molar-refractivity contribution in [2.75, 3.05) is 6.61 Å². The second kappa shape index (κ2) is 7.58. The molecule has 0 unspecified atom stereocenters. The Labute approximate surface area is 138 Å². The Morgan fingerprint density at radius 2 is 2.00 bits per heavy atom. The van der Waals surface area contributed by atoms with E-state index in [4.69, 9.17) is 4.74 Å². The molecule has 2 rings (SSSR count). The molecule has 110 valence electrons. The molecule has 0 bridgehead atoms. The molecule has 3 nitrogen and oxygen atoms in total. The van der Waals surface area contributed by atoms with E-state index in [-0.39, 0.29) is 11.4 Å². The first-order chi connectivity index (χ1) is 10.7. The minimum atomic E-state index is -0.284. The number of halogens is 1. The highest BCUT2D eigenvalue weighted by atomic mass is 79.9. The van der Waals surface area contributed by atoms with Gasteiger partial charge in [0, 0.05) is 5.56 Å². The third kappa shape index (κ3) is 3.84. The van der Waals surface area contributed by atoms with E-state index in [9.17, 15) is 10.1 Å². The van der Waals surface area contributed by atoms with Gasteiger partial charge in [-0.15, -0.1) is 0 Å². The maximum absolute atomic E-state index is 12.3. The zero-order valence-electron chi connectivity index (χ0n) is 12.0. The van der Waals surface area contributed by atoms with E-state index in [2.05, 4.69) is 15.9 Å². The van der Waals surface area contributed by atoms with Crippen LogP contribution in [0.4, 0.5) is 0 Å². The predicted octanol–water partition coefficient (Wildman–Crippen LogP) is 4.64. The highest BCUT2D eigenvalue weighted by Gasteiger charge is 2.12. The molecular formula is C18H14BrNO2. The second-order valence-electron chi connectivity index (χ2n) is 4.49. The van der Waals surface area contributed by atoms with Crippen LogP contribution in [0.3, 0.4) is 0 Å². The van der Waals surface area contributed by atoms with Gasteiger partial charge in [0.1, 0.15) is 17.4 Å². The Morgan fingerprint density at radius 1 is 1.27 bits per heavy atom. The Morgan fingerprint density at radius 3 is 2.59 bits per heavy atom. The van der Waals surface area contributed by atoms with Gasteiger partial charge in [0.25, 0.3) is 0 Å². The lowest BCUT2D eigenvalue weighted by Gasteiger charge is -2.06. The van der Waals surface area contributed by atoms with E-state index >= 15 is 0 Å². The highest BCUT2D eigenvalue weighted by molar-refractivity contribution is 9.10. The number of Topliss-reactive ketones (excluding diaryl/α,β-unsaturated/α-hetero) is 1. The number of hydrogen-bond donors (Lipinski definition) is 0. The summed E-state index contributed by atoms with van der Waals surface area (Å²) in [7, 11) is 0. The fourth-order valence-corrected chi connectivity index (χ4v) is 2.45. The molecule has 0 aliphatic carbocycles. The number of carbonyl (C=O) groups is 1. The summed E-state index contributed by atoms with van der Waals surface area (Å²) in [4.78, 5) is 12.3. The van der Waals surface area contributed by atoms with Crippen LogP contribution >= 0.6 is 15.9 Å². The van der Waals surface area contributed by atoms with Crippen LogP contribution in [0.1, 0.15) is 22.8 Å². The molecule has 22 heavy (non-hydrogen) atoms. The number of nitrogens with zero attached hydrogens (tertiary/aromatic N) is 1. The zero-order valence-corrected chi connectivity index (χ0v) is 13.6. The number of rotatable bonds is 5. The quantitative estimate of drug-likeness (QED) is 0.446. The maximum atomic E-state index is 12.3. The summed E-state index contributed by atoms with van der Waals surface area (Å²) in [5.41, 5.74) is 1.36. The van der Waals surface area contributed by atoms with Gasteiger partial charge in [0.05, 0.1) is 11.1 Å². The molecule has 0 N–H and O–H groups in total. The number of nitriles is 1. The third-order valence-electron chi connectivity index (χ3n) is 2.97. The van der Waals surface area contributed by atoms with Crippen LogP contribution in [0.5, 0.6) is 5.75 Å². The first-order valence-corrected chi connectivity index (χ1v) is 7.59. The molecule has 0 fully saturated rings. The topological polar surface area (TPSA) is 50.1 Å². The summed E-state index contributed by atoms with van der Waals surface area (Å²) in [6.45, 7) is 2.48. The second-order valence-corrected chi connectivity index (χ2v) is 5.34. The third-order valence-corrected chi connectivity index (χ3v) is 3.59. The normalized spacial score (nSPS) is 10.9. The SMILES string of the molecule is CCOc1ccc(/C=C(\C#N)C(=O)c2ccccc2)cc1Br. The van der Waals surface area contributed by atoms with E-state index in [0.29, 0.717) is 12.2 Å². The Kier molecular flexibility index (Phi) is 5.51. The van der Waals surface area contributed by atoms with Crippen molar-refractivity contribution in [2.45, 2.75) is 6.92 Å². The average molecular weight is 356 g/mol. The molecule has 0 saturated carbocycles. The van der Waals surface area contributed by atoms with Crippen molar-refractivity contribution in [3.63, 3.8) is 0 Å². The van der Waals surface area contributed by atoms with Crippen molar-refractivity contribution < 1.29 is 9.53 Å². The van der Waals surface area contributed by atoms with Gasteiger partial charge in [-0.05, 0) is 46.6 Å². The number of benzene rings is 2. The number of allylic oxidation sites excluding steroid dienone is 1. The maximum Gasteiger partial charge on any atom is 0.203 e. The zero-order chi connectivity index (χ0) is 15.9. The molecule has 0 atom stereocenters. The van der Waals surface area contributed by atoms with Crippen molar-refractivity contribution in [3.05, 3.63) is 69.7 Å². The minimum Gasteiger partial charge on any atom is -0.493 e. The minimum absolute atomic E-state index is 0.0993. The fourth-order valence-electron chi connectivity index (χ4n) is 1.94. The van der Waals surface area contributed by atoms with Crippen LogP contribution in [0.2, 0.25) is 0 Å². The molecule has 0 spiro atoms. The monoisotopic (exact) mass is 355 g/mol. The Hall–Kier alpha value is -2.38. The standard InChI is InChI=1S/C18H14BrNO2/c1-2-22-17-9-8-13(11-16(17)19)10-15(12-20)18(21)14-6-4-3-5-7-14/h3-11H,2H2,1H3/b15-10+. The van der Waals surface area contributed by atoms with Crippen LogP contribution in [0.15, 0.2) is 58.6 Å². The van der Waals surface area contributed by atoms with Gasteiger partial charge in [-0.1, -0.05) is 36.4 Å². The molecule has 0 radical (unpaired) electrons. The summed E-state index contributed by atoms with van der Waals surface area (Å²) in [5, 5.41) is 9.25. The largest absolute Gasteiger partial charge is 0.493 e. The van der Waals surface area contributed by atoms with Crippen molar-refractivity contribution in [3.8, 4) is 11.8 Å².